The van der Waals surface area contributed by atoms with E-state index in [2.05, 4.69) is 34.5 Å². The zero-order valence-electron chi connectivity index (χ0n) is 11.0. The second-order valence-electron chi connectivity index (χ2n) is 4.56. The molecule has 1 N–H and O–H groups in total. The summed E-state index contributed by atoms with van der Waals surface area (Å²) in [4.78, 5) is 6.30. The van der Waals surface area contributed by atoms with Gasteiger partial charge in [0.2, 0.25) is 5.89 Å². The number of rotatable bonds is 5. The molecule has 0 bridgehead atoms. The lowest BCUT2D eigenvalue weighted by molar-refractivity contribution is 0.351. The number of aromatic nitrogens is 2. The van der Waals surface area contributed by atoms with E-state index in [9.17, 15) is 0 Å². The summed E-state index contributed by atoms with van der Waals surface area (Å²) in [7, 11) is 3.95. The average Bonchev–Trinajstić information content (AvgIpc) is 2.75. The van der Waals surface area contributed by atoms with Gasteiger partial charge in [-0.1, -0.05) is 22.9 Å². The molecule has 0 fully saturated rings. The lowest BCUT2D eigenvalue weighted by atomic mass is 10.2. The van der Waals surface area contributed by atoms with Crippen molar-refractivity contribution in [2.24, 2.45) is 0 Å². The zero-order valence-corrected chi connectivity index (χ0v) is 11.0. The standard InChI is InChI=1S/C13H18N4O/c1-10-4-6-11(7-5-10)14-8-13-15-12(16-18-13)9-17(2)3/h4-7,14H,8-9H2,1-3H3. The molecule has 5 heteroatoms. The zero-order chi connectivity index (χ0) is 13.0. The molecule has 0 atom stereocenters. The van der Waals surface area contributed by atoms with Crippen LogP contribution < -0.4 is 5.32 Å². The Kier molecular flexibility index (Phi) is 3.94. The molecule has 2 aromatic rings. The first kappa shape index (κ1) is 12.6. The molecule has 0 aliphatic heterocycles. The lowest BCUT2D eigenvalue weighted by Gasteiger charge is -2.04. The smallest absolute Gasteiger partial charge is 0.245 e. The molecule has 2 rings (SSSR count). The summed E-state index contributed by atoms with van der Waals surface area (Å²) in [6.07, 6.45) is 0. The SMILES string of the molecule is Cc1ccc(NCc2nc(CN(C)C)no2)cc1. The van der Waals surface area contributed by atoms with Gasteiger partial charge in [0, 0.05) is 5.69 Å². The third-order valence-electron chi connectivity index (χ3n) is 2.46. The molecule has 0 saturated heterocycles. The molecule has 1 heterocycles. The van der Waals surface area contributed by atoms with Crippen LogP contribution in [-0.4, -0.2) is 29.1 Å². The molecular weight excluding hydrogens is 228 g/mol. The quantitative estimate of drug-likeness (QED) is 0.875. The van der Waals surface area contributed by atoms with E-state index in [0.29, 0.717) is 24.8 Å². The molecule has 0 saturated carbocycles. The maximum Gasteiger partial charge on any atom is 0.245 e. The van der Waals surface area contributed by atoms with Gasteiger partial charge >= 0.3 is 0 Å². The van der Waals surface area contributed by atoms with Crippen LogP contribution >= 0.6 is 0 Å². The molecule has 0 spiro atoms. The first-order valence-corrected chi connectivity index (χ1v) is 5.90. The van der Waals surface area contributed by atoms with Crippen LogP contribution in [0, 0.1) is 6.92 Å². The summed E-state index contributed by atoms with van der Waals surface area (Å²) in [6, 6.07) is 8.19. The van der Waals surface area contributed by atoms with Crippen LogP contribution in [0.3, 0.4) is 0 Å². The fourth-order valence-corrected chi connectivity index (χ4v) is 1.56. The van der Waals surface area contributed by atoms with Crippen LogP contribution in [0.5, 0.6) is 0 Å². The highest BCUT2D eigenvalue weighted by atomic mass is 16.5. The predicted molar refractivity (Wildman–Crippen MR) is 70.2 cm³/mol. The average molecular weight is 246 g/mol. The Morgan fingerprint density at radius 1 is 1.22 bits per heavy atom. The normalized spacial score (nSPS) is 10.9. The van der Waals surface area contributed by atoms with Crippen LogP contribution in [0.4, 0.5) is 5.69 Å². The minimum absolute atomic E-state index is 0.545. The van der Waals surface area contributed by atoms with E-state index in [4.69, 9.17) is 4.52 Å². The minimum Gasteiger partial charge on any atom is -0.376 e. The number of hydrogen-bond donors (Lipinski definition) is 1. The molecule has 18 heavy (non-hydrogen) atoms. The molecule has 96 valence electrons. The van der Waals surface area contributed by atoms with E-state index in [1.165, 1.54) is 5.56 Å². The van der Waals surface area contributed by atoms with Gasteiger partial charge in [-0.3, -0.25) is 0 Å². The highest BCUT2D eigenvalue weighted by Gasteiger charge is 2.06. The van der Waals surface area contributed by atoms with E-state index >= 15 is 0 Å². The maximum absolute atomic E-state index is 5.16. The van der Waals surface area contributed by atoms with E-state index in [-0.39, 0.29) is 0 Å². The Morgan fingerprint density at radius 2 is 1.94 bits per heavy atom. The Labute approximate surface area is 107 Å². The van der Waals surface area contributed by atoms with Gasteiger partial charge in [0.25, 0.3) is 0 Å². The predicted octanol–water partition coefficient (Wildman–Crippen LogP) is 2.05. The largest absolute Gasteiger partial charge is 0.376 e. The van der Waals surface area contributed by atoms with Crippen LogP contribution in [0.15, 0.2) is 28.8 Å². The van der Waals surface area contributed by atoms with Crippen molar-refractivity contribution in [1.29, 1.82) is 0 Å². The summed E-state index contributed by atoms with van der Waals surface area (Å²) in [5.41, 5.74) is 2.29. The summed E-state index contributed by atoms with van der Waals surface area (Å²) in [6.45, 7) is 3.30. The van der Waals surface area contributed by atoms with Crippen molar-refractivity contribution >= 4 is 5.69 Å². The van der Waals surface area contributed by atoms with Crippen LogP contribution in [0.25, 0.3) is 0 Å². The van der Waals surface area contributed by atoms with Crippen LogP contribution in [-0.2, 0) is 13.1 Å². The van der Waals surface area contributed by atoms with Gasteiger partial charge < -0.3 is 14.7 Å². The van der Waals surface area contributed by atoms with Gasteiger partial charge in [-0.05, 0) is 33.2 Å². The van der Waals surface area contributed by atoms with Gasteiger partial charge in [-0.25, -0.2) is 0 Å². The highest BCUT2D eigenvalue weighted by Crippen LogP contribution is 2.10. The number of benzene rings is 1. The molecule has 1 aromatic carbocycles. The van der Waals surface area contributed by atoms with Gasteiger partial charge in [0.1, 0.15) is 0 Å². The summed E-state index contributed by atoms with van der Waals surface area (Å²) in [5.74, 6) is 1.31. The Morgan fingerprint density at radius 3 is 2.61 bits per heavy atom. The first-order valence-electron chi connectivity index (χ1n) is 5.90. The van der Waals surface area contributed by atoms with Crippen molar-refractivity contribution in [3.63, 3.8) is 0 Å². The van der Waals surface area contributed by atoms with Crippen LogP contribution in [0.2, 0.25) is 0 Å². The molecule has 0 aliphatic carbocycles. The van der Waals surface area contributed by atoms with Crippen LogP contribution in [0.1, 0.15) is 17.3 Å². The molecule has 0 radical (unpaired) electrons. The third-order valence-corrected chi connectivity index (χ3v) is 2.46. The minimum atomic E-state index is 0.545. The van der Waals surface area contributed by atoms with Crippen molar-refractivity contribution in [2.45, 2.75) is 20.0 Å². The number of nitrogens with zero attached hydrogens (tertiary/aromatic N) is 3. The van der Waals surface area contributed by atoms with E-state index in [1.54, 1.807) is 0 Å². The van der Waals surface area contributed by atoms with E-state index in [0.717, 1.165) is 5.69 Å². The van der Waals surface area contributed by atoms with Crippen molar-refractivity contribution in [2.75, 3.05) is 19.4 Å². The maximum atomic E-state index is 5.16. The van der Waals surface area contributed by atoms with Crippen molar-refractivity contribution in [1.82, 2.24) is 15.0 Å². The monoisotopic (exact) mass is 246 g/mol. The van der Waals surface area contributed by atoms with Gasteiger partial charge in [-0.2, -0.15) is 4.98 Å². The molecule has 0 aliphatic rings. The number of hydrogen-bond acceptors (Lipinski definition) is 5. The first-order chi connectivity index (χ1) is 8.63. The number of anilines is 1. The second-order valence-corrected chi connectivity index (χ2v) is 4.56. The number of nitrogens with one attached hydrogen (secondary N) is 1. The fraction of sp³-hybridized carbons (Fsp3) is 0.385. The van der Waals surface area contributed by atoms with Gasteiger partial charge in [0.15, 0.2) is 5.82 Å². The van der Waals surface area contributed by atoms with Crippen molar-refractivity contribution in [3.8, 4) is 0 Å². The molecule has 0 unspecified atom stereocenters. The molecular formula is C13H18N4O. The summed E-state index contributed by atoms with van der Waals surface area (Å²) >= 11 is 0. The topological polar surface area (TPSA) is 54.2 Å². The number of aryl methyl sites for hydroxylation is 1. The Bertz CT molecular complexity index is 490. The van der Waals surface area contributed by atoms with E-state index in [1.807, 2.05) is 31.1 Å². The summed E-state index contributed by atoms with van der Waals surface area (Å²) < 4.78 is 5.16. The van der Waals surface area contributed by atoms with Crippen molar-refractivity contribution < 1.29 is 4.52 Å². The molecule has 5 nitrogen and oxygen atoms in total. The second kappa shape index (κ2) is 5.64. The fourth-order valence-electron chi connectivity index (χ4n) is 1.56. The van der Waals surface area contributed by atoms with Gasteiger partial charge in [0.05, 0.1) is 13.1 Å². The summed E-state index contributed by atoms with van der Waals surface area (Å²) in [5, 5.41) is 7.16. The molecule has 1 aromatic heterocycles. The molecule has 0 amide bonds. The van der Waals surface area contributed by atoms with Crippen molar-refractivity contribution in [3.05, 3.63) is 41.5 Å². The van der Waals surface area contributed by atoms with E-state index < -0.39 is 0 Å². The highest BCUT2D eigenvalue weighted by molar-refractivity contribution is 5.44. The third kappa shape index (κ3) is 3.56. The lowest BCUT2D eigenvalue weighted by Crippen LogP contribution is -2.11. The van der Waals surface area contributed by atoms with Gasteiger partial charge in [-0.15, -0.1) is 0 Å². The Balaban J connectivity index is 1.90. The Hall–Kier alpha value is -1.88.